The van der Waals surface area contributed by atoms with Gasteiger partial charge < -0.3 is 14.5 Å². The smallest absolute Gasteiger partial charge is 0.337 e. The van der Waals surface area contributed by atoms with Crippen LogP contribution in [-0.2, 0) is 27.3 Å². The highest BCUT2D eigenvalue weighted by Gasteiger charge is 2.14. The first-order chi connectivity index (χ1) is 13.4. The maximum Gasteiger partial charge on any atom is 0.337 e. The van der Waals surface area contributed by atoms with Gasteiger partial charge in [0, 0.05) is 10.6 Å². The number of ether oxygens (including phenoxy) is 2. The summed E-state index contributed by atoms with van der Waals surface area (Å²) in [5.41, 5.74) is 0.0431. The summed E-state index contributed by atoms with van der Waals surface area (Å²) < 4.78 is 23.4. The van der Waals surface area contributed by atoms with Crippen LogP contribution in [0.2, 0.25) is 5.02 Å². The van der Waals surface area contributed by atoms with Gasteiger partial charge in [-0.15, -0.1) is 0 Å². The molecule has 0 amide bonds. The van der Waals surface area contributed by atoms with Crippen molar-refractivity contribution in [3.63, 3.8) is 0 Å². The van der Waals surface area contributed by atoms with E-state index in [2.05, 4.69) is 14.7 Å². The molecule has 2 aromatic carbocycles. The van der Waals surface area contributed by atoms with Gasteiger partial charge >= 0.3 is 11.9 Å². The Morgan fingerprint density at radius 1 is 1.25 bits per heavy atom. The van der Waals surface area contributed by atoms with Gasteiger partial charge in [-0.25, -0.2) is 14.2 Å². The van der Waals surface area contributed by atoms with E-state index in [1.54, 1.807) is 0 Å². The molecule has 1 aromatic heterocycles. The summed E-state index contributed by atoms with van der Waals surface area (Å²) >= 11 is 5.88. The number of benzene rings is 2. The minimum atomic E-state index is -0.738. The van der Waals surface area contributed by atoms with Crippen LogP contribution < -0.4 is 5.56 Å². The molecule has 0 saturated heterocycles. The van der Waals surface area contributed by atoms with Gasteiger partial charge in [-0.3, -0.25) is 9.59 Å². The van der Waals surface area contributed by atoms with E-state index in [0.29, 0.717) is 0 Å². The van der Waals surface area contributed by atoms with Gasteiger partial charge in [-0.2, -0.15) is 0 Å². The maximum absolute atomic E-state index is 13.7. The fraction of sp³-hybridized carbons (Fsp3) is 0.158. The first-order valence-electron chi connectivity index (χ1n) is 8.09. The number of fused-ring (bicyclic) bond motifs is 1. The molecule has 0 saturated carbocycles. The summed E-state index contributed by atoms with van der Waals surface area (Å²) in [5, 5.41) is 0.380. The minimum Gasteiger partial charge on any atom is -0.465 e. The van der Waals surface area contributed by atoms with Crippen molar-refractivity contribution in [2.24, 2.45) is 0 Å². The Morgan fingerprint density at radius 2 is 2.04 bits per heavy atom. The van der Waals surface area contributed by atoms with E-state index in [4.69, 9.17) is 16.3 Å². The zero-order valence-corrected chi connectivity index (χ0v) is 15.4. The molecule has 0 aliphatic heterocycles. The topological polar surface area (TPSA) is 98.4 Å². The number of hydrogen-bond donors (Lipinski definition) is 1. The van der Waals surface area contributed by atoms with E-state index in [0.717, 1.165) is 0 Å². The molecule has 9 heteroatoms. The van der Waals surface area contributed by atoms with Crippen LogP contribution in [-0.4, -0.2) is 29.0 Å². The van der Waals surface area contributed by atoms with Gasteiger partial charge in [0.15, 0.2) is 0 Å². The minimum absolute atomic E-state index is 0.0249. The van der Waals surface area contributed by atoms with Gasteiger partial charge in [0.2, 0.25) is 0 Å². The number of aromatic amines is 1. The molecule has 0 spiro atoms. The average Bonchev–Trinajstić information content (AvgIpc) is 2.68. The lowest BCUT2D eigenvalue weighted by Crippen LogP contribution is -2.16. The molecule has 0 unspecified atom stereocenters. The molecule has 0 aliphatic rings. The van der Waals surface area contributed by atoms with E-state index in [1.165, 1.54) is 43.5 Å². The van der Waals surface area contributed by atoms with Crippen LogP contribution in [0.25, 0.3) is 10.9 Å². The molecule has 144 valence electrons. The Labute approximate surface area is 163 Å². The lowest BCUT2D eigenvalue weighted by atomic mass is 10.1. The van der Waals surface area contributed by atoms with Gasteiger partial charge in [0.1, 0.15) is 18.2 Å². The number of carbonyl (C=O) groups excluding carboxylic acids is 2. The Morgan fingerprint density at radius 3 is 2.75 bits per heavy atom. The fourth-order valence-corrected chi connectivity index (χ4v) is 2.78. The van der Waals surface area contributed by atoms with Crippen molar-refractivity contribution in [1.29, 1.82) is 0 Å². The molecule has 0 radical (unpaired) electrons. The Bertz CT molecular complexity index is 1110. The van der Waals surface area contributed by atoms with Crippen molar-refractivity contribution in [3.8, 4) is 0 Å². The number of carbonyl (C=O) groups is 2. The molecule has 0 aliphatic carbocycles. The number of methoxy groups -OCH3 is 1. The number of hydrogen-bond acceptors (Lipinski definition) is 6. The molecule has 1 heterocycles. The van der Waals surface area contributed by atoms with Crippen molar-refractivity contribution in [1.82, 2.24) is 9.97 Å². The van der Waals surface area contributed by atoms with E-state index in [-0.39, 0.29) is 45.9 Å². The SMILES string of the molecule is COC(=O)c1ccc2c(=O)[nH]c(COC(=O)Cc3c(F)cccc3Cl)nc2c1. The second-order valence-corrected chi connectivity index (χ2v) is 6.18. The summed E-state index contributed by atoms with van der Waals surface area (Å²) in [4.78, 5) is 42.5. The monoisotopic (exact) mass is 404 g/mol. The lowest BCUT2D eigenvalue weighted by molar-refractivity contribution is -0.144. The number of aromatic nitrogens is 2. The molecular formula is C19H14ClFN2O5. The molecule has 1 N–H and O–H groups in total. The number of H-pyrrole nitrogens is 1. The second-order valence-electron chi connectivity index (χ2n) is 5.77. The first kappa shape index (κ1) is 19.5. The predicted octanol–water partition coefficient (Wildman–Crippen LogP) is 2.79. The van der Waals surface area contributed by atoms with Crippen LogP contribution in [0.4, 0.5) is 4.39 Å². The highest BCUT2D eigenvalue weighted by atomic mass is 35.5. The second kappa shape index (κ2) is 8.18. The van der Waals surface area contributed by atoms with E-state index in [9.17, 15) is 18.8 Å². The number of nitrogens with one attached hydrogen (secondary N) is 1. The third-order valence-electron chi connectivity index (χ3n) is 3.93. The van der Waals surface area contributed by atoms with E-state index in [1.807, 2.05) is 0 Å². The third kappa shape index (κ3) is 4.17. The van der Waals surface area contributed by atoms with Crippen LogP contribution in [0.5, 0.6) is 0 Å². The number of halogens is 2. The molecule has 28 heavy (non-hydrogen) atoms. The van der Waals surface area contributed by atoms with Crippen LogP contribution in [0, 0.1) is 5.82 Å². The van der Waals surface area contributed by atoms with Gasteiger partial charge in [-0.1, -0.05) is 17.7 Å². The van der Waals surface area contributed by atoms with Crippen molar-refractivity contribution >= 4 is 34.4 Å². The zero-order valence-electron chi connectivity index (χ0n) is 14.6. The van der Waals surface area contributed by atoms with E-state index < -0.39 is 23.3 Å². The van der Waals surface area contributed by atoms with Crippen LogP contribution in [0.3, 0.4) is 0 Å². The van der Waals surface area contributed by atoms with Crippen LogP contribution >= 0.6 is 11.6 Å². The summed E-state index contributed by atoms with van der Waals surface area (Å²) in [6.45, 7) is -0.335. The molecular weight excluding hydrogens is 391 g/mol. The lowest BCUT2D eigenvalue weighted by Gasteiger charge is -2.08. The average molecular weight is 405 g/mol. The van der Waals surface area contributed by atoms with Crippen molar-refractivity contribution in [2.45, 2.75) is 13.0 Å². The van der Waals surface area contributed by atoms with Crippen LogP contribution in [0.1, 0.15) is 21.7 Å². The summed E-state index contributed by atoms with van der Waals surface area (Å²) in [5.74, 6) is -1.85. The fourth-order valence-electron chi connectivity index (χ4n) is 2.55. The molecule has 3 aromatic rings. The van der Waals surface area contributed by atoms with E-state index >= 15 is 0 Å². The zero-order chi connectivity index (χ0) is 20.3. The summed E-state index contributed by atoms with van der Waals surface area (Å²) in [6.07, 6.45) is -0.365. The highest BCUT2D eigenvalue weighted by molar-refractivity contribution is 6.31. The quantitative estimate of drug-likeness (QED) is 0.656. The Balaban J connectivity index is 1.77. The van der Waals surface area contributed by atoms with Crippen LogP contribution in [0.15, 0.2) is 41.2 Å². The molecule has 0 bridgehead atoms. The Hall–Kier alpha value is -3.26. The molecule has 0 atom stereocenters. The van der Waals surface area contributed by atoms with Gasteiger partial charge in [0.05, 0.1) is 30.0 Å². The standard InChI is InChI=1S/C19H14ClFN2O5/c1-27-19(26)10-5-6-11-15(7-10)22-16(23-18(11)25)9-28-17(24)8-12-13(20)3-2-4-14(12)21/h2-7H,8-9H2,1H3,(H,22,23,25). The molecule has 0 fully saturated rings. The predicted molar refractivity (Wildman–Crippen MR) is 98.6 cm³/mol. The summed E-state index contributed by atoms with van der Waals surface area (Å²) in [6, 6.07) is 8.39. The number of nitrogens with zero attached hydrogens (tertiary/aromatic N) is 1. The molecule has 7 nitrogen and oxygen atoms in total. The van der Waals surface area contributed by atoms with Gasteiger partial charge in [-0.05, 0) is 30.3 Å². The normalized spacial score (nSPS) is 10.7. The highest BCUT2D eigenvalue weighted by Crippen LogP contribution is 2.20. The number of rotatable bonds is 5. The first-order valence-corrected chi connectivity index (χ1v) is 8.46. The summed E-state index contributed by atoms with van der Waals surface area (Å²) in [7, 11) is 1.24. The van der Waals surface area contributed by atoms with Crippen molar-refractivity contribution in [2.75, 3.05) is 7.11 Å². The third-order valence-corrected chi connectivity index (χ3v) is 4.28. The maximum atomic E-state index is 13.7. The van der Waals surface area contributed by atoms with Crippen molar-refractivity contribution in [3.05, 3.63) is 74.5 Å². The Kier molecular flexibility index (Phi) is 5.70. The molecule has 3 rings (SSSR count). The largest absolute Gasteiger partial charge is 0.465 e. The van der Waals surface area contributed by atoms with Crippen molar-refractivity contribution < 1.29 is 23.5 Å². The van der Waals surface area contributed by atoms with Gasteiger partial charge in [0.25, 0.3) is 5.56 Å². The number of esters is 2.